The summed E-state index contributed by atoms with van der Waals surface area (Å²) in [5.41, 5.74) is -3.08. The van der Waals surface area contributed by atoms with E-state index in [1.807, 2.05) is 0 Å². The monoisotopic (exact) mass is 523 g/mol. The minimum absolute atomic E-state index is 0.0621. The molecule has 194 valence electrons. The average molecular weight is 524 g/mol. The molecule has 2 heterocycles. The highest BCUT2D eigenvalue weighted by Crippen LogP contribution is 2.44. The quantitative estimate of drug-likeness (QED) is 0.491. The number of aliphatic hydroxyl groups is 1. The van der Waals surface area contributed by atoms with Gasteiger partial charge in [-0.25, -0.2) is 26.3 Å². The lowest BCUT2D eigenvalue weighted by molar-refractivity contribution is -0.155. The van der Waals surface area contributed by atoms with E-state index < -0.39 is 62.9 Å². The van der Waals surface area contributed by atoms with Crippen molar-refractivity contribution in [3.8, 4) is 11.3 Å². The molecule has 3 N–H and O–H groups in total. The summed E-state index contributed by atoms with van der Waals surface area (Å²) in [6.45, 7) is 0.757. The number of benzene rings is 1. The van der Waals surface area contributed by atoms with E-state index in [2.05, 4.69) is 15.0 Å². The number of hydrogen-bond acceptors (Lipinski definition) is 6. The number of pyridine rings is 1. The van der Waals surface area contributed by atoms with Crippen molar-refractivity contribution in [2.24, 2.45) is 0 Å². The van der Waals surface area contributed by atoms with E-state index in [0.29, 0.717) is 30.7 Å². The number of ketones is 1. The van der Waals surface area contributed by atoms with Gasteiger partial charge < -0.3 is 5.11 Å². The molecule has 7 nitrogen and oxygen atoms in total. The lowest BCUT2D eigenvalue weighted by atomic mass is 9.67. The van der Waals surface area contributed by atoms with Crippen LogP contribution in [0.4, 0.5) is 13.2 Å². The third-order valence-electron chi connectivity index (χ3n) is 7.52. The van der Waals surface area contributed by atoms with E-state index in [9.17, 15) is 18.3 Å². The summed E-state index contributed by atoms with van der Waals surface area (Å²) in [7, 11) is -4.15. The molecule has 2 saturated carbocycles. The number of carbonyl (C=O) groups excluding carboxylic acids is 1. The van der Waals surface area contributed by atoms with Crippen LogP contribution in [0.25, 0.3) is 11.3 Å². The van der Waals surface area contributed by atoms with E-state index in [1.165, 1.54) is 18.2 Å². The lowest BCUT2D eigenvalue weighted by Gasteiger charge is -2.44. The van der Waals surface area contributed by atoms with Gasteiger partial charge in [0.25, 0.3) is 5.92 Å². The number of Topliss-reactive ketones (excluding diaryl/α,β-unsaturated/α-hetero) is 1. The first-order chi connectivity index (χ1) is 16.9. The molecule has 1 saturated heterocycles. The number of carbonyl (C=O) groups is 1. The van der Waals surface area contributed by atoms with Crippen LogP contribution in [0, 0.1) is 12.7 Å². The molecule has 0 bridgehead atoms. The van der Waals surface area contributed by atoms with Gasteiger partial charge in [0, 0.05) is 17.7 Å². The molecule has 0 unspecified atom stereocenters. The normalized spacial score (nSPS) is 27.0. The predicted molar refractivity (Wildman–Crippen MR) is 126 cm³/mol. The highest BCUT2D eigenvalue weighted by molar-refractivity contribution is 7.90. The first kappa shape index (κ1) is 25.3. The number of aryl methyl sites for hydroxylation is 1. The summed E-state index contributed by atoms with van der Waals surface area (Å²) < 4.78 is 73.9. The smallest absolute Gasteiger partial charge is 0.278 e. The van der Waals surface area contributed by atoms with Gasteiger partial charge in [0.2, 0.25) is 10.0 Å². The molecular weight excluding hydrogens is 495 g/mol. The molecule has 0 radical (unpaired) electrons. The molecule has 11 heteroatoms. The van der Waals surface area contributed by atoms with Gasteiger partial charge in [0.15, 0.2) is 5.78 Å². The van der Waals surface area contributed by atoms with Gasteiger partial charge >= 0.3 is 0 Å². The van der Waals surface area contributed by atoms with E-state index in [0.717, 1.165) is 0 Å². The molecule has 1 aromatic carbocycles. The van der Waals surface area contributed by atoms with Gasteiger partial charge in [-0.2, -0.15) is 0 Å². The van der Waals surface area contributed by atoms with E-state index in [4.69, 9.17) is 0 Å². The number of alkyl halides is 2. The Labute approximate surface area is 207 Å². The number of aromatic nitrogens is 1. The second-order valence-electron chi connectivity index (χ2n) is 10.2. The zero-order valence-electron chi connectivity index (χ0n) is 19.7. The summed E-state index contributed by atoms with van der Waals surface area (Å²) in [6, 6.07) is 7.29. The SMILES string of the molecule is Cc1cccc(-c2cccc(C[C@]3(C(=O)C4(O)CCC4)NCC(F)(F)[C@@H]3NS(=O)(=O)C3CC3)c2F)n1. The van der Waals surface area contributed by atoms with Crippen LogP contribution >= 0.6 is 0 Å². The van der Waals surface area contributed by atoms with Crippen LogP contribution in [0.15, 0.2) is 36.4 Å². The zero-order chi connectivity index (χ0) is 25.9. The minimum atomic E-state index is -4.15. The second-order valence-corrected chi connectivity index (χ2v) is 12.2. The molecule has 0 spiro atoms. The molecule has 3 fully saturated rings. The van der Waals surface area contributed by atoms with Crippen molar-refractivity contribution < 1.29 is 31.5 Å². The zero-order valence-corrected chi connectivity index (χ0v) is 20.5. The van der Waals surface area contributed by atoms with Gasteiger partial charge in [-0.15, -0.1) is 0 Å². The van der Waals surface area contributed by atoms with Crippen LogP contribution in [-0.2, 0) is 21.2 Å². The molecule has 3 aliphatic rings. The Morgan fingerprint density at radius 3 is 2.50 bits per heavy atom. The molecule has 36 heavy (non-hydrogen) atoms. The van der Waals surface area contributed by atoms with Crippen LogP contribution in [0.3, 0.4) is 0 Å². The van der Waals surface area contributed by atoms with Gasteiger partial charge in [-0.3, -0.25) is 15.1 Å². The average Bonchev–Trinajstić information content (AvgIpc) is 3.63. The number of hydrogen-bond donors (Lipinski definition) is 3. The van der Waals surface area contributed by atoms with E-state index in [-0.39, 0.29) is 24.0 Å². The Kier molecular flexibility index (Phi) is 6.06. The lowest BCUT2D eigenvalue weighted by Crippen LogP contribution is -2.70. The van der Waals surface area contributed by atoms with Gasteiger partial charge in [-0.1, -0.05) is 18.2 Å². The van der Waals surface area contributed by atoms with Gasteiger partial charge in [0.1, 0.15) is 23.0 Å². The van der Waals surface area contributed by atoms with Crippen molar-refractivity contribution >= 4 is 15.8 Å². The summed E-state index contributed by atoms with van der Waals surface area (Å²) in [4.78, 5) is 18.1. The summed E-state index contributed by atoms with van der Waals surface area (Å²) >= 11 is 0. The van der Waals surface area contributed by atoms with Crippen LogP contribution in [0.1, 0.15) is 43.4 Å². The largest absolute Gasteiger partial charge is 0.382 e. The van der Waals surface area contributed by atoms with Crippen LogP contribution in [0.2, 0.25) is 0 Å². The molecule has 0 amide bonds. The fraction of sp³-hybridized carbons (Fsp3) is 0.520. The van der Waals surface area contributed by atoms with Crippen molar-refractivity contribution in [2.45, 2.75) is 73.8 Å². The van der Waals surface area contributed by atoms with Crippen molar-refractivity contribution in [3.63, 3.8) is 0 Å². The fourth-order valence-electron chi connectivity index (χ4n) is 5.18. The summed E-state index contributed by atoms with van der Waals surface area (Å²) in [5.74, 6) is -5.34. The third kappa shape index (κ3) is 4.25. The van der Waals surface area contributed by atoms with E-state index in [1.54, 1.807) is 25.1 Å². The number of rotatable bonds is 8. The first-order valence-electron chi connectivity index (χ1n) is 12.0. The molecule has 2 aliphatic carbocycles. The third-order valence-corrected chi connectivity index (χ3v) is 9.43. The maximum atomic E-state index is 15.8. The maximum absolute atomic E-state index is 15.8. The summed E-state index contributed by atoms with van der Waals surface area (Å²) in [6.07, 6.45) is 0.763. The molecule has 1 aromatic heterocycles. The fourth-order valence-corrected chi connectivity index (χ4v) is 6.83. The van der Waals surface area contributed by atoms with Crippen LogP contribution < -0.4 is 10.0 Å². The van der Waals surface area contributed by atoms with E-state index >= 15 is 13.2 Å². The highest BCUT2D eigenvalue weighted by atomic mass is 32.2. The molecule has 2 atom stereocenters. The Bertz CT molecular complexity index is 1310. The Hall–Kier alpha value is -2.34. The minimum Gasteiger partial charge on any atom is -0.382 e. The molecule has 5 rings (SSSR count). The second kappa shape index (κ2) is 8.61. The van der Waals surface area contributed by atoms with Crippen molar-refractivity contribution in [1.82, 2.24) is 15.0 Å². The maximum Gasteiger partial charge on any atom is 0.278 e. The predicted octanol–water partition coefficient (Wildman–Crippen LogP) is 2.65. The standard InChI is InChI=1S/C25H28F3N3O4S/c1-15-5-2-8-19(30-15)18-7-3-6-16(20(18)26)13-24(22(32)23(33)11-4-12-23)21(25(27,28)14-29-24)31-36(34,35)17-9-10-17/h2-3,5-8,17,21,29,31,33H,4,9-14H2,1H3/t21-,24+/m1/s1. The topological polar surface area (TPSA) is 108 Å². The van der Waals surface area contributed by atoms with Crippen molar-refractivity contribution in [2.75, 3.05) is 6.54 Å². The highest BCUT2D eigenvalue weighted by Gasteiger charge is 2.67. The Morgan fingerprint density at radius 1 is 1.19 bits per heavy atom. The molecular formula is C25H28F3N3O4S. The van der Waals surface area contributed by atoms with Crippen molar-refractivity contribution in [3.05, 3.63) is 53.5 Å². The van der Waals surface area contributed by atoms with Gasteiger partial charge in [-0.05, 0) is 62.8 Å². The number of sulfonamides is 1. The van der Waals surface area contributed by atoms with Gasteiger partial charge in [0.05, 0.1) is 17.5 Å². The Balaban J connectivity index is 1.60. The van der Waals surface area contributed by atoms with Crippen LogP contribution in [-0.4, -0.2) is 59.2 Å². The number of halogens is 3. The van der Waals surface area contributed by atoms with Crippen molar-refractivity contribution in [1.29, 1.82) is 0 Å². The number of nitrogens with one attached hydrogen (secondary N) is 2. The Morgan fingerprint density at radius 2 is 1.89 bits per heavy atom. The number of nitrogens with zero attached hydrogens (tertiary/aromatic N) is 1. The molecule has 2 aromatic rings. The first-order valence-corrected chi connectivity index (χ1v) is 13.6. The molecule has 1 aliphatic heterocycles. The summed E-state index contributed by atoms with van der Waals surface area (Å²) in [5, 5.41) is 12.6. The van der Waals surface area contributed by atoms with Crippen LogP contribution in [0.5, 0.6) is 0 Å².